The van der Waals surface area contributed by atoms with Crippen molar-refractivity contribution in [3.05, 3.63) is 24.3 Å². The van der Waals surface area contributed by atoms with E-state index in [-0.39, 0.29) is 0 Å². The summed E-state index contributed by atoms with van der Waals surface area (Å²) in [4.78, 5) is 0. The Kier molecular flexibility index (Phi) is 5.85. The van der Waals surface area contributed by atoms with Gasteiger partial charge in [-0.05, 0) is 61.7 Å². The highest BCUT2D eigenvalue weighted by molar-refractivity contribution is 7.80. The van der Waals surface area contributed by atoms with E-state index in [9.17, 15) is 0 Å². The summed E-state index contributed by atoms with van der Waals surface area (Å²) in [6.07, 6.45) is 3.82. The van der Waals surface area contributed by atoms with Gasteiger partial charge in [0.1, 0.15) is 5.75 Å². The number of anilines is 1. The second kappa shape index (κ2) is 7.64. The fourth-order valence-electron chi connectivity index (χ4n) is 2.92. The van der Waals surface area contributed by atoms with Gasteiger partial charge in [-0.25, -0.2) is 0 Å². The van der Waals surface area contributed by atoms with Gasteiger partial charge in [0.15, 0.2) is 5.11 Å². The van der Waals surface area contributed by atoms with E-state index in [0.717, 1.165) is 17.4 Å². The van der Waals surface area contributed by atoms with E-state index in [2.05, 4.69) is 24.5 Å². The summed E-state index contributed by atoms with van der Waals surface area (Å²) in [6, 6.07) is 8.38. The maximum absolute atomic E-state index is 5.44. The largest absolute Gasteiger partial charge is 0.494 e. The van der Waals surface area contributed by atoms with E-state index in [0.29, 0.717) is 23.7 Å². The molecule has 1 aliphatic carbocycles. The molecule has 0 bridgehead atoms. The molecule has 21 heavy (non-hydrogen) atoms. The highest BCUT2D eigenvalue weighted by Gasteiger charge is 2.27. The van der Waals surface area contributed by atoms with Crippen LogP contribution in [0.5, 0.6) is 5.75 Å². The van der Waals surface area contributed by atoms with Crippen LogP contribution in [0.3, 0.4) is 0 Å². The third kappa shape index (κ3) is 4.60. The molecule has 1 saturated carbocycles. The second-order valence-corrected chi connectivity index (χ2v) is 6.34. The minimum atomic E-state index is 0.483. The van der Waals surface area contributed by atoms with Crippen molar-refractivity contribution in [2.45, 2.75) is 46.1 Å². The maximum atomic E-state index is 5.44. The van der Waals surface area contributed by atoms with Gasteiger partial charge in [0.05, 0.1) is 6.61 Å². The first-order valence-corrected chi connectivity index (χ1v) is 8.31. The fourth-order valence-corrected chi connectivity index (χ4v) is 3.19. The molecule has 0 radical (unpaired) electrons. The van der Waals surface area contributed by atoms with Crippen molar-refractivity contribution in [2.75, 3.05) is 11.9 Å². The Morgan fingerprint density at radius 2 is 1.95 bits per heavy atom. The minimum absolute atomic E-state index is 0.483. The number of ether oxygens (including phenoxy) is 1. The van der Waals surface area contributed by atoms with Gasteiger partial charge >= 0.3 is 0 Å². The first kappa shape index (κ1) is 16.1. The third-order valence-corrected chi connectivity index (χ3v) is 4.67. The Morgan fingerprint density at radius 1 is 1.24 bits per heavy atom. The zero-order valence-corrected chi connectivity index (χ0v) is 14.0. The third-order valence-electron chi connectivity index (χ3n) is 4.45. The molecule has 1 aromatic rings. The normalized spacial score (nSPS) is 25.2. The van der Waals surface area contributed by atoms with Gasteiger partial charge in [0.2, 0.25) is 0 Å². The van der Waals surface area contributed by atoms with Crippen molar-refractivity contribution in [1.29, 1.82) is 0 Å². The molecule has 0 unspecified atom stereocenters. The highest BCUT2D eigenvalue weighted by atomic mass is 32.1. The lowest BCUT2D eigenvalue weighted by Crippen LogP contribution is -2.45. The van der Waals surface area contributed by atoms with Crippen LogP contribution in [0.4, 0.5) is 5.69 Å². The first-order valence-electron chi connectivity index (χ1n) is 7.90. The van der Waals surface area contributed by atoms with E-state index in [1.165, 1.54) is 19.3 Å². The van der Waals surface area contributed by atoms with E-state index in [1.54, 1.807) is 0 Å². The lowest BCUT2D eigenvalue weighted by molar-refractivity contribution is 0.225. The van der Waals surface area contributed by atoms with Crippen LogP contribution in [0.15, 0.2) is 24.3 Å². The van der Waals surface area contributed by atoms with Gasteiger partial charge in [-0.2, -0.15) is 0 Å². The molecule has 2 rings (SSSR count). The molecule has 0 heterocycles. The van der Waals surface area contributed by atoms with Gasteiger partial charge in [0, 0.05) is 11.7 Å². The molecule has 116 valence electrons. The molecule has 0 aromatic heterocycles. The zero-order chi connectivity index (χ0) is 15.2. The summed E-state index contributed by atoms with van der Waals surface area (Å²) in [5.74, 6) is 2.32. The van der Waals surface area contributed by atoms with Crippen LogP contribution in [0.2, 0.25) is 0 Å². The topological polar surface area (TPSA) is 33.3 Å². The summed E-state index contributed by atoms with van der Waals surface area (Å²) in [7, 11) is 0. The van der Waals surface area contributed by atoms with E-state index < -0.39 is 0 Å². The van der Waals surface area contributed by atoms with Crippen molar-refractivity contribution in [2.24, 2.45) is 11.8 Å². The second-order valence-electron chi connectivity index (χ2n) is 5.93. The number of benzene rings is 1. The molecule has 3 nitrogen and oxygen atoms in total. The van der Waals surface area contributed by atoms with Gasteiger partial charge in [-0.3, -0.25) is 0 Å². The molecule has 0 aliphatic heterocycles. The summed E-state index contributed by atoms with van der Waals surface area (Å²) in [5.41, 5.74) is 0.993. The average molecular weight is 306 g/mol. The van der Waals surface area contributed by atoms with Crippen molar-refractivity contribution >= 4 is 23.0 Å². The summed E-state index contributed by atoms with van der Waals surface area (Å²) >= 11 is 5.44. The summed E-state index contributed by atoms with van der Waals surface area (Å²) in [6.45, 7) is 7.32. The molecule has 0 saturated heterocycles. The van der Waals surface area contributed by atoms with Crippen LogP contribution in [0.1, 0.15) is 40.0 Å². The first-order chi connectivity index (χ1) is 10.1. The molecule has 0 spiro atoms. The number of hydrogen-bond donors (Lipinski definition) is 2. The maximum Gasteiger partial charge on any atom is 0.171 e. The van der Waals surface area contributed by atoms with Crippen LogP contribution in [0, 0.1) is 11.8 Å². The number of nitrogens with one attached hydrogen (secondary N) is 2. The zero-order valence-electron chi connectivity index (χ0n) is 13.2. The van der Waals surface area contributed by atoms with Crippen LogP contribution in [-0.2, 0) is 0 Å². The molecular weight excluding hydrogens is 280 g/mol. The van der Waals surface area contributed by atoms with Gasteiger partial charge in [-0.15, -0.1) is 0 Å². The van der Waals surface area contributed by atoms with Crippen LogP contribution in [0.25, 0.3) is 0 Å². The predicted molar refractivity (Wildman–Crippen MR) is 92.9 cm³/mol. The highest BCUT2D eigenvalue weighted by Crippen LogP contribution is 2.29. The Morgan fingerprint density at radius 3 is 2.62 bits per heavy atom. The average Bonchev–Trinajstić information content (AvgIpc) is 2.46. The smallest absolute Gasteiger partial charge is 0.171 e. The van der Waals surface area contributed by atoms with E-state index >= 15 is 0 Å². The molecule has 1 fully saturated rings. The van der Waals surface area contributed by atoms with Gasteiger partial charge < -0.3 is 15.4 Å². The summed E-state index contributed by atoms with van der Waals surface area (Å²) < 4.78 is 5.44. The lowest BCUT2D eigenvalue weighted by Gasteiger charge is -2.35. The van der Waals surface area contributed by atoms with Gasteiger partial charge in [0.25, 0.3) is 0 Å². The lowest BCUT2D eigenvalue weighted by atomic mass is 9.78. The van der Waals surface area contributed by atoms with E-state index in [1.807, 2.05) is 31.2 Å². The van der Waals surface area contributed by atoms with Crippen molar-refractivity contribution in [3.63, 3.8) is 0 Å². The Bertz CT molecular complexity index is 460. The molecule has 0 amide bonds. The molecule has 2 N–H and O–H groups in total. The Balaban J connectivity index is 1.86. The minimum Gasteiger partial charge on any atom is -0.494 e. The number of rotatable bonds is 4. The molecule has 4 heteroatoms. The SMILES string of the molecule is CCOc1ccc(NC(=S)N[C@H]2CCC[C@H](C)[C@@H]2C)cc1. The monoisotopic (exact) mass is 306 g/mol. The summed E-state index contributed by atoms with van der Waals surface area (Å²) in [5, 5.41) is 7.45. The predicted octanol–water partition coefficient (Wildman–Crippen LogP) is 4.20. The van der Waals surface area contributed by atoms with Crippen molar-refractivity contribution < 1.29 is 4.74 Å². The van der Waals surface area contributed by atoms with Crippen LogP contribution < -0.4 is 15.4 Å². The quantitative estimate of drug-likeness (QED) is 0.817. The molecule has 1 aliphatic rings. The number of thiocarbonyl (C=S) groups is 1. The standard InChI is InChI=1S/C17H26N2OS/c1-4-20-15-10-8-14(9-11-15)18-17(21)19-16-7-5-6-12(2)13(16)3/h8-13,16H,4-7H2,1-3H3,(H2,18,19,21)/t12-,13-,16-/m0/s1. The van der Waals surface area contributed by atoms with Crippen LogP contribution >= 0.6 is 12.2 Å². The molecule has 1 aromatic carbocycles. The molecule has 3 atom stereocenters. The Hall–Kier alpha value is -1.29. The van der Waals surface area contributed by atoms with E-state index in [4.69, 9.17) is 17.0 Å². The van der Waals surface area contributed by atoms with Crippen molar-refractivity contribution in [3.8, 4) is 5.75 Å². The number of hydrogen-bond acceptors (Lipinski definition) is 2. The fraction of sp³-hybridized carbons (Fsp3) is 0.588. The van der Waals surface area contributed by atoms with Crippen molar-refractivity contribution in [1.82, 2.24) is 5.32 Å². The van der Waals surface area contributed by atoms with Crippen LogP contribution in [-0.4, -0.2) is 17.8 Å². The van der Waals surface area contributed by atoms with Gasteiger partial charge in [-0.1, -0.05) is 26.7 Å². The Labute approximate surface area is 133 Å². The molecular formula is C17H26N2OS.